The molecule has 0 spiro atoms. The lowest BCUT2D eigenvalue weighted by atomic mass is 10.1. The molecule has 3 aromatic rings. The number of nitrogens with zero attached hydrogens (tertiary/aromatic N) is 1. The molecule has 3 heterocycles. The van der Waals surface area contributed by atoms with Crippen LogP contribution in [-0.2, 0) is 6.54 Å². The second kappa shape index (κ2) is 6.64. The minimum Gasteiger partial charge on any atom is -0.486 e. The smallest absolute Gasteiger partial charge is 0.264 e. The molecule has 0 N–H and O–H groups in total. The van der Waals surface area contributed by atoms with Gasteiger partial charge in [0.1, 0.15) is 19.0 Å². The van der Waals surface area contributed by atoms with E-state index >= 15 is 0 Å². The van der Waals surface area contributed by atoms with E-state index in [0.717, 1.165) is 27.7 Å². The minimum absolute atomic E-state index is 0.0230. The predicted octanol–water partition coefficient (Wildman–Crippen LogP) is 4.05. The first kappa shape index (κ1) is 15.8. The summed E-state index contributed by atoms with van der Waals surface area (Å²) in [5.41, 5.74) is 1.02. The van der Waals surface area contributed by atoms with Gasteiger partial charge in [-0.2, -0.15) is 0 Å². The number of hydrogen-bond acceptors (Lipinski definition) is 5. The molecule has 5 nitrogen and oxygen atoms in total. The van der Waals surface area contributed by atoms with Crippen LogP contribution in [0.4, 0.5) is 0 Å². The quantitative estimate of drug-likeness (QED) is 0.708. The van der Waals surface area contributed by atoms with E-state index in [1.165, 1.54) is 11.3 Å². The Morgan fingerprint density at radius 2 is 1.96 bits per heavy atom. The van der Waals surface area contributed by atoms with Crippen molar-refractivity contribution in [2.45, 2.75) is 6.54 Å². The molecule has 128 valence electrons. The van der Waals surface area contributed by atoms with Crippen LogP contribution in [0.25, 0.3) is 10.4 Å². The van der Waals surface area contributed by atoms with Crippen molar-refractivity contribution in [2.24, 2.45) is 0 Å². The van der Waals surface area contributed by atoms with Gasteiger partial charge in [0.25, 0.3) is 5.91 Å². The lowest BCUT2D eigenvalue weighted by Gasteiger charge is -2.18. The normalized spacial score (nSPS) is 12.8. The summed E-state index contributed by atoms with van der Waals surface area (Å²) in [5, 5.41) is 0. The van der Waals surface area contributed by atoms with Crippen molar-refractivity contribution < 1.29 is 18.7 Å². The highest BCUT2D eigenvalue weighted by atomic mass is 32.1. The largest absolute Gasteiger partial charge is 0.486 e. The molecular formula is C19H17NO4S. The van der Waals surface area contributed by atoms with Crippen molar-refractivity contribution >= 4 is 17.2 Å². The van der Waals surface area contributed by atoms with Gasteiger partial charge in [0.05, 0.1) is 17.7 Å². The maximum Gasteiger partial charge on any atom is 0.264 e. The Morgan fingerprint density at radius 1 is 1.12 bits per heavy atom. The molecule has 0 saturated heterocycles. The molecule has 0 unspecified atom stereocenters. The molecule has 1 amide bonds. The van der Waals surface area contributed by atoms with E-state index in [1.807, 2.05) is 42.5 Å². The van der Waals surface area contributed by atoms with Crippen molar-refractivity contribution in [3.63, 3.8) is 0 Å². The summed E-state index contributed by atoms with van der Waals surface area (Å²) >= 11 is 1.47. The van der Waals surface area contributed by atoms with Crippen molar-refractivity contribution in [2.75, 3.05) is 20.3 Å². The molecule has 0 fully saturated rings. The van der Waals surface area contributed by atoms with Crippen molar-refractivity contribution in [3.05, 3.63) is 59.4 Å². The van der Waals surface area contributed by atoms with Gasteiger partial charge in [-0.3, -0.25) is 4.79 Å². The first-order chi connectivity index (χ1) is 12.2. The Bertz CT molecular complexity index is 885. The highest BCUT2D eigenvalue weighted by Crippen LogP contribution is 2.37. The van der Waals surface area contributed by atoms with Crippen LogP contribution in [0, 0.1) is 0 Å². The topological polar surface area (TPSA) is 51.9 Å². The van der Waals surface area contributed by atoms with E-state index in [0.29, 0.717) is 24.6 Å². The number of fused-ring (bicyclic) bond motifs is 1. The summed E-state index contributed by atoms with van der Waals surface area (Å²) < 4.78 is 16.5. The summed E-state index contributed by atoms with van der Waals surface area (Å²) in [6, 6.07) is 13.4. The number of ether oxygens (including phenoxy) is 2. The fourth-order valence-electron chi connectivity index (χ4n) is 2.70. The number of carbonyl (C=O) groups is 1. The monoisotopic (exact) mass is 355 g/mol. The van der Waals surface area contributed by atoms with Crippen LogP contribution in [0.2, 0.25) is 0 Å². The van der Waals surface area contributed by atoms with Gasteiger partial charge in [0.2, 0.25) is 0 Å². The lowest BCUT2D eigenvalue weighted by molar-refractivity contribution is 0.0780. The summed E-state index contributed by atoms with van der Waals surface area (Å²) in [6.07, 6.45) is 1.61. The highest BCUT2D eigenvalue weighted by Gasteiger charge is 2.17. The van der Waals surface area contributed by atoms with Crippen LogP contribution in [0.1, 0.15) is 15.4 Å². The SMILES string of the molecule is CN(Cc1ccco1)C(=O)c1ccc(-c2ccc3c(c2)OCCO3)s1. The third-order valence-electron chi connectivity index (χ3n) is 3.96. The van der Waals surface area contributed by atoms with Crippen molar-refractivity contribution in [1.29, 1.82) is 0 Å². The number of furan rings is 1. The van der Waals surface area contributed by atoms with Crippen LogP contribution < -0.4 is 9.47 Å². The summed E-state index contributed by atoms with van der Waals surface area (Å²) in [7, 11) is 1.77. The first-order valence-electron chi connectivity index (χ1n) is 7.98. The Hall–Kier alpha value is -2.73. The number of thiophene rings is 1. The van der Waals surface area contributed by atoms with E-state index in [4.69, 9.17) is 13.9 Å². The van der Waals surface area contributed by atoms with Crippen molar-refractivity contribution in [1.82, 2.24) is 4.90 Å². The van der Waals surface area contributed by atoms with Crippen LogP contribution in [-0.4, -0.2) is 31.1 Å². The van der Waals surface area contributed by atoms with Gasteiger partial charge >= 0.3 is 0 Å². The molecule has 25 heavy (non-hydrogen) atoms. The number of hydrogen-bond donors (Lipinski definition) is 0. The van der Waals surface area contributed by atoms with Gasteiger partial charge in [-0.05, 0) is 48.0 Å². The maximum absolute atomic E-state index is 12.6. The summed E-state index contributed by atoms with van der Waals surface area (Å²) in [5.74, 6) is 2.26. The summed E-state index contributed by atoms with van der Waals surface area (Å²) in [4.78, 5) is 16.0. The number of benzene rings is 1. The second-order valence-corrected chi connectivity index (χ2v) is 6.85. The zero-order valence-electron chi connectivity index (χ0n) is 13.7. The second-order valence-electron chi connectivity index (χ2n) is 5.76. The third kappa shape index (κ3) is 3.25. The van der Waals surface area contributed by atoms with E-state index in [2.05, 4.69) is 0 Å². The average molecular weight is 355 g/mol. The van der Waals surface area contributed by atoms with E-state index < -0.39 is 0 Å². The molecule has 1 aliphatic heterocycles. The van der Waals surface area contributed by atoms with Gasteiger partial charge in [-0.1, -0.05) is 0 Å². The minimum atomic E-state index is -0.0230. The standard InChI is InChI=1S/C19H17NO4S/c1-20(12-14-3-2-8-22-14)19(21)18-7-6-17(25-18)13-4-5-15-16(11-13)24-10-9-23-15/h2-8,11H,9-10,12H2,1H3. The predicted molar refractivity (Wildman–Crippen MR) is 95.3 cm³/mol. The number of amides is 1. The van der Waals surface area contributed by atoms with Gasteiger partial charge < -0.3 is 18.8 Å². The Kier molecular flexibility index (Phi) is 4.19. The number of carbonyl (C=O) groups excluding carboxylic acids is 1. The average Bonchev–Trinajstić information content (AvgIpc) is 3.32. The lowest BCUT2D eigenvalue weighted by Crippen LogP contribution is -2.25. The van der Waals surface area contributed by atoms with E-state index in [-0.39, 0.29) is 5.91 Å². The molecular weight excluding hydrogens is 338 g/mol. The zero-order chi connectivity index (χ0) is 17.2. The van der Waals surface area contributed by atoms with E-state index in [9.17, 15) is 4.79 Å². The van der Waals surface area contributed by atoms with Gasteiger partial charge in [0.15, 0.2) is 11.5 Å². The molecule has 4 rings (SSSR count). The highest BCUT2D eigenvalue weighted by molar-refractivity contribution is 7.17. The maximum atomic E-state index is 12.6. The molecule has 2 aromatic heterocycles. The van der Waals surface area contributed by atoms with Crippen LogP contribution in [0.3, 0.4) is 0 Å². The summed E-state index contributed by atoms with van der Waals surface area (Å²) in [6.45, 7) is 1.58. The molecule has 0 bridgehead atoms. The van der Waals surface area contributed by atoms with Gasteiger partial charge in [-0.25, -0.2) is 0 Å². The van der Waals surface area contributed by atoms with Gasteiger partial charge in [-0.15, -0.1) is 11.3 Å². The fourth-order valence-corrected chi connectivity index (χ4v) is 3.70. The Labute approximate surface area is 149 Å². The molecule has 1 aliphatic rings. The first-order valence-corrected chi connectivity index (χ1v) is 8.80. The molecule has 0 radical (unpaired) electrons. The molecule has 0 saturated carbocycles. The van der Waals surface area contributed by atoms with Crippen LogP contribution >= 0.6 is 11.3 Å². The van der Waals surface area contributed by atoms with Gasteiger partial charge in [0, 0.05) is 11.9 Å². The Balaban J connectivity index is 1.52. The fraction of sp³-hybridized carbons (Fsp3) is 0.211. The van der Waals surface area contributed by atoms with Crippen LogP contribution in [0.15, 0.2) is 53.1 Å². The number of rotatable bonds is 4. The van der Waals surface area contributed by atoms with E-state index in [1.54, 1.807) is 18.2 Å². The molecule has 0 aliphatic carbocycles. The molecule has 0 atom stereocenters. The van der Waals surface area contributed by atoms with Crippen LogP contribution in [0.5, 0.6) is 11.5 Å². The molecule has 1 aromatic carbocycles. The zero-order valence-corrected chi connectivity index (χ0v) is 14.5. The Morgan fingerprint density at radius 3 is 2.76 bits per heavy atom. The molecule has 6 heteroatoms. The third-order valence-corrected chi connectivity index (χ3v) is 5.09. The van der Waals surface area contributed by atoms with Crippen molar-refractivity contribution in [3.8, 4) is 21.9 Å².